The van der Waals surface area contributed by atoms with Gasteiger partial charge < -0.3 is 15.2 Å². The molecule has 2 N–H and O–H groups in total. The lowest BCUT2D eigenvalue weighted by Crippen LogP contribution is -2.25. The van der Waals surface area contributed by atoms with E-state index in [1.54, 1.807) is 43.1 Å². The molecule has 0 radical (unpaired) electrons. The molecule has 0 amide bonds. The molecule has 1 aromatic heterocycles. The van der Waals surface area contributed by atoms with Gasteiger partial charge in [0.1, 0.15) is 17.3 Å². The second kappa shape index (κ2) is 8.91. The van der Waals surface area contributed by atoms with Gasteiger partial charge in [0.05, 0.1) is 25.1 Å². The predicted octanol–water partition coefficient (Wildman–Crippen LogP) is 3.59. The summed E-state index contributed by atoms with van der Waals surface area (Å²) >= 11 is 6.05. The van der Waals surface area contributed by atoms with Crippen molar-refractivity contribution in [2.45, 2.75) is 13.0 Å². The molecule has 6 nitrogen and oxygen atoms in total. The van der Waals surface area contributed by atoms with Gasteiger partial charge in [0.2, 0.25) is 0 Å². The zero-order valence-corrected chi connectivity index (χ0v) is 16.6. The van der Waals surface area contributed by atoms with Crippen LogP contribution in [0.5, 0.6) is 11.5 Å². The minimum absolute atomic E-state index is 0.141. The molecule has 7 heteroatoms. The SMILES string of the molecule is COc1ccc(OC)c(C=Cc2nc3ccc(Cl)cc3c(=O)n2CCCN)c1. The van der Waals surface area contributed by atoms with E-state index in [2.05, 4.69) is 4.98 Å². The Morgan fingerprint density at radius 3 is 2.68 bits per heavy atom. The van der Waals surface area contributed by atoms with Gasteiger partial charge in [-0.1, -0.05) is 11.6 Å². The summed E-state index contributed by atoms with van der Waals surface area (Å²) in [4.78, 5) is 17.6. The van der Waals surface area contributed by atoms with Crippen molar-refractivity contribution in [2.75, 3.05) is 20.8 Å². The molecule has 0 bridgehead atoms. The highest BCUT2D eigenvalue weighted by Gasteiger charge is 2.10. The third-order valence-electron chi connectivity index (χ3n) is 4.38. The van der Waals surface area contributed by atoms with Gasteiger partial charge in [-0.3, -0.25) is 9.36 Å². The van der Waals surface area contributed by atoms with E-state index in [9.17, 15) is 4.79 Å². The van der Waals surface area contributed by atoms with Crippen molar-refractivity contribution >= 4 is 34.7 Å². The maximum Gasteiger partial charge on any atom is 0.261 e. The number of hydrogen-bond acceptors (Lipinski definition) is 5. The van der Waals surface area contributed by atoms with E-state index in [0.717, 1.165) is 5.56 Å². The van der Waals surface area contributed by atoms with Crippen LogP contribution in [-0.4, -0.2) is 30.3 Å². The molecule has 146 valence electrons. The molecule has 0 saturated carbocycles. The van der Waals surface area contributed by atoms with Gasteiger partial charge in [-0.2, -0.15) is 0 Å². The second-order valence-corrected chi connectivity index (χ2v) is 6.61. The minimum Gasteiger partial charge on any atom is -0.497 e. The molecule has 3 rings (SSSR count). The molecule has 3 aromatic rings. The largest absolute Gasteiger partial charge is 0.497 e. The summed E-state index contributed by atoms with van der Waals surface area (Å²) in [5, 5.41) is 0.988. The van der Waals surface area contributed by atoms with E-state index >= 15 is 0 Å². The van der Waals surface area contributed by atoms with E-state index in [1.165, 1.54) is 0 Å². The Labute approximate surface area is 168 Å². The number of halogens is 1. The molecule has 28 heavy (non-hydrogen) atoms. The van der Waals surface area contributed by atoms with Crippen LogP contribution < -0.4 is 20.8 Å². The zero-order chi connectivity index (χ0) is 20.1. The Kier molecular flexibility index (Phi) is 6.34. The molecule has 2 aromatic carbocycles. The van der Waals surface area contributed by atoms with Gasteiger partial charge in [0.15, 0.2) is 0 Å². The Morgan fingerprint density at radius 1 is 1.14 bits per heavy atom. The Hall–Kier alpha value is -2.83. The Morgan fingerprint density at radius 2 is 1.96 bits per heavy atom. The van der Waals surface area contributed by atoms with E-state index in [0.29, 0.717) is 52.8 Å². The average Bonchev–Trinajstić information content (AvgIpc) is 2.72. The Balaban J connectivity index is 2.12. The quantitative estimate of drug-likeness (QED) is 0.656. The molecular formula is C21H22ClN3O3. The third-order valence-corrected chi connectivity index (χ3v) is 4.62. The summed E-state index contributed by atoms with van der Waals surface area (Å²) < 4.78 is 12.3. The first-order valence-corrected chi connectivity index (χ1v) is 9.25. The number of methoxy groups -OCH3 is 2. The highest BCUT2D eigenvalue weighted by atomic mass is 35.5. The highest BCUT2D eigenvalue weighted by Crippen LogP contribution is 2.26. The third kappa shape index (κ3) is 4.18. The summed E-state index contributed by atoms with van der Waals surface area (Å²) in [6.45, 7) is 0.951. The molecule has 1 heterocycles. The summed E-state index contributed by atoms with van der Waals surface area (Å²) in [5.41, 5.74) is 6.91. The van der Waals surface area contributed by atoms with Gasteiger partial charge >= 0.3 is 0 Å². The van der Waals surface area contributed by atoms with E-state index in [1.807, 2.05) is 24.3 Å². The molecule has 0 unspecified atom stereocenters. The first-order valence-electron chi connectivity index (χ1n) is 8.87. The second-order valence-electron chi connectivity index (χ2n) is 6.17. The van der Waals surface area contributed by atoms with Crippen molar-refractivity contribution in [1.82, 2.24) is 9.55 Å². The lowest BCUT2D eigenvalue weighted by molar-refractivity contribution is 0.402. The van der Waals surface area contributed by atoms with Crippen LogP contribution in [0.15, 0.2) is 41.2 Å². The maximum absolute atomic E-state index is 13.0. The lowest BCUT2D eigenvalue weighted by atomic mass is 10.1. The monoisotopic (exact) mass is 399 g/mol. The number of aromatic nitrogens is 2. The van der Waals surface area contributed by atoms with E-state index in [4.69, 9.17) is 26.8 Å². The molecule has 0 aliphatic rings. The van der Waals surface area contributed by atoms with Crippen LogP contribution in [0.4, 0.5) is 0 Å². The normalized spacial score (nSPS) is 11.3. The van der Waals surface area contributed by atoms with Gasteiger partial charge in [0, 0.05) is 17.1 Å². The number of benzene rings is 2. The molecule has 0 aliphatic carbocycles. The predicted molar refractivity (Wildman–Crippen MR) is 113 cm³/mol. The van der Waals surface area contributed by atoms with Crippen molar-refractivity contribution in [2.24, 2.45) is 5.73 Å². The van der Waals surface area contributed by atoms with Crippen LogP contribution in [0.1, 0.15) is 17.8 Å². The lowest BCUT2D eigenvalue weighted by Gasteiger charge is -2.11. The van der Waals surface area contributed by atoms with Crippen molar-refractivity contribution in [3.63, 3.8) is 0 Å². The van der Waals surface area contributed by atoms with Crippen molar-refractivity contribution < 1.29 is 9.47 Å². The molecule has 0 atom stereocenters. The summed E-state index contributed by atoms with van der Waals surface area (Å²) in [6.07, 6.45) is 4.31. The first-order chi connectivity index (χ1) is 13.6. The van der Waals surface area contributed by atoms with Crippen LogP contribution in [0.25, 0.3) is 23.1 Å². The Bertz CT molecular complexity index is 1080. The zero-order valence-electron chi connectivity index (χ0n) is 15.8. The summed E-state index contributed by atoms with van der Waals surface area (Å²) in [6, 6.07) is 10.6. The molecule has 0 spiro atoms. The number of ether oxygens (including phenoxy) is 2. The topological polar surface area (TPSA) is 79.4 Å². The van der Waals surface area contributed by atoms with Crippen LogP contribution >= 0.6 is 11.6 Å². The van der Waals surface area contributed by atoms with Crippen molar-refractivity contribution in [1.29, 1.82) is 0 Å². The van der Waals surface area contributed by atoms with Gasteiger partial charge in [-0.15, -0.1) is 0 Å². The fraction of sp³-hybridized carbons (Fsp3) is 0.238. The van der Waals surface area contributed by atoms with Crippen LogP contribution in [0, 0.1) is 0 Å². The average molecular weight is 400 g/mol. The summed E-state index contributed by atoms with van der Waals surface area (Å²) in [7, 11) is 3.21. The van der Waals surface area contributed by atoms with Crippen molar-refractivity contribution in [3.05, 3.63) is 63.2 Å². The van der Waals surface area contributed by atoms with Crippen LogP contribution in [-0.2, 0) is 6.54 Å². The molecule has 0 fully saturated rings. The first kappa shape index (κ1) is 19.9. The standard InChI is InChI=1S/C21H22ClN3O3/c1-27-16-6-8-19(28-2)14(12-16)4-9-20-24-18-7-5-15(22)13-17(18)21(26)25(20)11-3-10-23/h4-9,12-13H,3,10-11,23H2,1-2H3. The molecular weight excluding hydrogens is 378 g/mol. The van der Waals surface area contributed by atoms with E-state index in [-0.39, 0.29) is 5.56 Å². The van der Waals surface area contributed by atoms with Gasteiger partial charge in [-0.05, 0) is 61.5 Å². The fourth-order valence-electron chi connectivity index (χ4n) is 2.94. The number of hydrogen-bond donors (Lipinski definition) is 1. The molecule has 0 aliphatic heterocycles. The van der Waals surface area contributed by atoms with Crippen LogP contribution in [0.2, 0.25) is 5.02 Å². The van der Waals surface area contributed by atoms with Crippen LogP contribution in [0.3, 0.4) is 0 Å². The number of nitrogens with zero attached hydrogens (tertiary/aromatic N) is 2. The van der Waals surface area contributed by atoms with Gasteiger partial charge in [0.25, 0.3) is 5.56 Å². The highest BCUT2D eigenvalue weighted by molar-refractivity contribution is 6.31. The van der Waals surface area contributed by atoms with E-state index < -0.39 is 0 Å². The minimum atomic E-state index is -0.141. The number of fused-ring (bicyclic) bond motifs is 1. The number of rotatable bonds is 7. The summed E-state index contributed by atoms with van der Waals surface area (Å²) in [5.74, 6) is 1.95. The number of nitrogens with two attached hydrogens (primary N) is 1. The van der Waals surface area contributed by atoms with Gasteiger partial charge in [-0.25, -0.2) is 4.98 Å². The van der Waals surface area contributed by atoms with Crippen molar-refractivity contribution in [3.8, 4) is 11.5 Å². The fourth-order valence-corrected chi connectivity index (χ4v) is 3.11. The maximum atomic E-state index is 13.0. The smallest absolute Gasteiger partial charge is 0.261 e. The molecule has 0 saturated heterocycles.